The topological polar surface area (TPSA) is 45.2 Å². The molecule has 0 saturated carbocycles. The minimum Gasteiger partial charge on any atom is -0.373 e. The number of likely N-dealkylation sites (N-methyl/N-ethyl adjacent to an activating group) is 1. The fourth-order valence-corrected chi connectivity index (χ4v) is 2.13. The number of anilines is 1. The number of fused-ring (bicyclic) bond motifs is 1. The molecule has 1 heterocycles. The number of hydrogen-bond donors (Lipinski definition) is 1. The SMILES string of the molecule is C[C@H](Nc1ccnc2cc(C(F)(F)F)ccc12)C(=O)N(C)C. The Balaban J connectivity index is 2.38. The van der Waals surface area contributed by atoms with Crippen LogP contribution < -0.4 is 5.32 Å². The van der Waals surface area contributed by atoms with Gasteiger partial charge in [-0.1, -0.05) is 6.07 Å². The monoisotopic (exact) mass is 311 g/mol. The Kier molecular flexibility index (Phi) is 4.25. The maximum Gasteiger partial charge on any atom is 0.416 e. The van der Waals surface area contributed by atoms with Gasteiger partial charge in [-0.2, -0.15) is 13.2 Å². The van der Waals surface area contributed by atoms with Crippen LogP contribution in [0.25, 0.3) is 10.9 Å². The number of amides is 1. The molecule has 0 aliphatic carbocycles. The number of aromatic nitrogens is 1. The molecule has 0 spiro atoms. The van der Waals surface area contributed by atoms with Gasteiger partial charge in [0.05, 0.1) is 11.1 Å². The molecule has 4 nitrogen and oxygen atoms in total. The van der Waals surface area contributed by atoms with Gasteiger partial charge in [0.2, 0.25) is 5.91 Å². The van der Waals surface area contributed by atoms with Crippen molar-refractivity contribution < 1.29 is 18.0 Å². The van der Waals surface area contributed by atoms with E-state index >= 15 is 0 Å². The first kappa shape index (κ1) is 16.1. The van der Waals surface area contributed by atoms with Crippen LogP contribution in [0.1, 0.15) is 12.5 Å². The third kappa shape index (κ3) is 3.29. The maximum absolute atomic E-state index is 12.7. The molecule has 0 aliphatic rings. The lowest BCUT2D eigenvalue weighted by Gasteiger charge is -2.20. The Labute approximate surface area is 125 Å². The summed E-state index contributed by atoms with van der Waals surface area (Å²) in [6.07, 6.45) is -2.99. The molecule has 0 radical (unpaired) electrons. The zero-order valence-electron chi connectivity index (χ0n) is 12.4. The van der Waals surface area contributed by atoms with E-state index in [1.165, 1.54) is 17.2 Å². The van der Waals surface area contributed by atoms with Gasteiger partial charge in [0.25, 0.3) is 0 Å². The predicted molar refractivity (Wildman–Crippen MR) is 78.5 cm³/mol. The molecule has 1 atom stereocenters. The summed E-state index contributed by atoms with van der Waals surface area (Å²) < 4.78 is 38.2. The predicted octanol–water partition coefficient (Wildman–Crippen LogP) is 3.14. The Morgan fingerprint density at radius 1 is 1.27 bits per heavy atom. The smallest absolute Gasteiger partial charge is 0.373 e. The third-order valence-electron chi connectivity index (χ3n) is 3.25. The Hall–Kier alpha value is -2.31. The minimum absolute atomic E-state index is 0.128. The van der Waals surface area contributed by atoms with E-state index in [0.29, 0.717) is 11.1 Å². The van der Waals surface area contributed by atoms with E-state index in [9.17, 15) is 18.0 Å². The van der Waals surface area contributed by atoms with Gasteiger partial charge in [0.15, 0.2) is 0 Å². The first-order valence-corrected chi connectivity index (χ1v) is 6.64. The van der Waals surface area contributed by atoms with E-state index in [1.54, 1.807) is 27.1 Å². The average Bonchev–Trinajstić information content (AvgIpc) is 2.45. The second-order valence-corrected chi connectivity index (χ2v) is 5.19. The van der Waals surface area contributed by atoms with E-state index in [-0.39, 0.29) is 11.4 Å². The number of halogens is 3. The molecule has 0 unspecified atom stereocenters. The molecule has 1 N–H and O–H groups in total. The van der Waals surface area contributed by atoms with Gasteiger partial charge >= 0.3 is 6.18 Å². The summed E-state index contributed by atoms with van der Waals surface area (Å²) in [5.74, 6) is -0.128. The van der Waals surface area contributed by atoms with Crippen LogP contribution in [0.2, 0.25) is 0 Å². The van der Waals surface area contributed by atoms with E-state index < -0.39 is 17.8 Å². The van der Waals surface area contributed by atoms with Gasteiger partial charge in [-0.3, -0.25) is 9.78 Å². The van der Waals surface area contributed by atoms with Crippen molar-refractivity contribution in [2.45, 2.75) is 19.1 Å². The number of alkyl halides is 3. The first-order chi connectivity index (χ1) is 10.2. The van der Waals surface area contributed by atoms with E-state index in [4.69, 9.17) is 0 Å². The molecule has 0 aliphatic heterocycles. The van der Waals surface area contributed by atoms with Crippen molar-refractivity contribution in [1.29, 1.82) is 0 Å². The van der Waals surface area contributed by atoms with Crippen LogP contribution in [0.5, 0.6) is 0 Å². The van der Waals surface area contributed by atoms with Crippen LogP contribution in [-0.2, 0) is 11.0 Å². The average molecular weight is 311 g/mol. The number of nitrogens with zero attached hydrogens (tertiary/aromatic N) is 2. The van der Waals surface area contributed by atoms with Crippen LogP contribution in [0, 0.1) is 0 Å². The van der Waals surface area contributed by atoms with Crippen molar-refractivity contribution in [3.05, 3.63) is 36.0 Å². The number of hydrogen-bond acceptors (Lipinski definition) is 3. The van der Waals surface area contributed by atoms with E-state index in [2.05, 4.69) is 10.3 Å². The molecule has 1 aromatic carbocycles. The second kappa shape index (κ2) is 5.82. The van der Waals surface area contributed by atoms with E-state index in [1.807, 2.05) is 0 Å². The summed E-state index contributed by atoms with van der Waals surface area (Å²) in [6.45, 7) is 1.69. The normalized spacial score (nSPS) is 13.0. The zero-order chi connectivity index (χ0) is 16.5. The van der Waals surface area contributed by atoms with Crippen molar-refractivity contribution in [1.82, 2.24) is 9.88 Å². The Morgan fingerprint density at radius 3 is 2.55 bits per heavy atom. The molecule has 0 bridgehead atoms. The van der Waals surface area contributed by atoms with Gasteiger partial charge in [0, 0.05) is 31.4 Å². The van der Waals surface area contributed by atoms with Crippen LogP contribution in [-0.4, -0.2) is 35.9 Å². The summed E-state index contributed by atoms with van der Waals surface area (Å²) in [6, 6.07) is 4.50. The highest BCUT2D eigenvalue weighted by Gasteiger charge is 2.30. The maximum atomic E-state index is 12.7. The molecule has 118 valence electrons. The van der Waals surface area contributed by atoms with Gasteiger partial charge in [-0.05, 0) is 25.1 Å². The largest absolute Gasteiger partial charge is 0.416 e. The standard InChI is InChI=1S/C15H16F3N3O/c1-9(14(22)21(2)3)20-12-6-7-19-13-8-10(15(16,17)18)4-5-11(12)13/h4-9H,1-3H3,(H,19,20)/t9-/m0/s1. The number of nitrogens with one attached hydrogen (secondary N) is 1. The fraction of sp³-hybridized carbons (Fsp3) is 0.333. The summed E-state index contributed by atoms with van der Waals surface area (Å²) >= 11 is 0. The van der Waals surface area contributed by atoms with Crippen LogP contribution in [0.3, 0.4) is 0 Å². The van der Waals surface area contributed by atoms with Crippen molar-refractivity contribution in [3.63, 3.8) is 0 Å². The van der Waals surface area contributed by atoms with Gasteiger partial charge in [0.1, 0.15) is 6.04 Å². The number of rotatable bonds is 3. The molecule has 1 amide bonds. The number of benzene rings is 1. The first-order valence-electron chi connectivity index (χ1n) is 6.64. The molecule has 22 heavy (non-hydrogen) atoms. The van der Waals surface area contributed by atoms with Crippen molar-refractivity contribution in [2.24, 2.45) is 0 Å². The molecule has 2 rings (SSSR count). The summed E-state index contributed by atoms with van der Waals surface area (Å²) in [4.78, 5) is 17.3. The van der Waals surface area contributed by atoms with Crippen molar-refractivity contribution in [3.8, 4) is 0 Å². The van der Waals surface area contributed by atoms with Crippen molar-refractivity contribution >= 4 is 22.5 Å². The van der Waals surface area contributed by atoms with Crippen LogP contribution >= 0.6 is 0 Å². The number of pyridine rings is 1. The van der Waals surface area contributed by atoms with Crippen molar-refractivity contribution in [2.75, 3.05) is 19.4 Å². The van der Waals surface area contributed by atoms with Gasteiger partial charge in [-0.25, -0.2) is 0 Å². The highest BCUT2D eigenvalue weighted by Crippen LogP contribution is 2.32. The molecule has 7 heteroatoms. The van der Waals surface area contributed by atoms with Crippen LogP contribution in [0.15, 0.2) is 30.5 Å². The summed E-state index contributed by atoms with van der Waals surface area (Å²) in [5, 5.41) is 3.55. The molecule has 0 fully saturated rings. The fourth-order valence-electron chi connectivity index (χ4n) is 2.13. The van der Waals surface area contributed by atoms with Gasteiger partial charge in [-0.15, -0.1) is 0 Å². The number of carbonyl (C=O) groups is 1. The molecule has 1 aromatic heterocycles. The summed E-state index contributed by atoms with van der Waals surface area (Å²) in [7, 11) is 3.28. The highest BCUT2D eigenvalue weighted by molar-refractivity contribution is 5.94. The molecular formula is C15H16F3N3O. The molecule has 0 saturated heterocycles. The lowest BCUT2D eigenvalue weighted by Crippen LogP contribution is -2.36. The van der Waals surface area contributed by atoms with Crippen LogP contribution in [0.4, 0.5) is 18.9 Å². The third-order valence-corrected chi connectivity index (χ3v) is 3.25. The minimum atomic E-state index is -4.41. The Morgan fingerprint density at radius 2 is 1.95 bits per heavy atom. The molecule has 2 aromatic rings. The quantitative estimate of drug-likeness (QED) is 0.947. The highest BCUT2D eigenvalue weighted by atomic mass is 19.4. The van der Waals surface area contributed by atoms with E-state index in [0.717, 1.165) is 12.1 Å². The van der Waals surface area contributed by atoms with Gasteiger partial charge < -0.3 is 10.2 Å². The second-order valence-electron chi connectivity index (χ2n) is 5.19. The zero-order valence-corrected chi connectivity index (χ0v) is 12.4. The summed E-state index contributed by atoms with van der Waals surface area (Å²) in [5.41, 5.74) is 0.0489. The Bertz CT molecular complexity index is 698. The lowest BCUT2D eigenvalue weighted by molar-refractivity contribution is -0.137. The lowest BCUT2D eigenvalue weighted by atomic mass is 10.1. The molecular weight excluding hydrogens is 295 g/mol. The number of carbonyl (C=O) groups excluding carboxylic acids is 1.